The molecule has 1 amide bonds. The van der Waals surface area contributed by atoms with E-state index in [1.54, 1.807) is 24.3 Å². The first-order valence-corrected chi connectivity index (χ1v) is 9.71. The summed E-state index contributed by atoms with van der Waals surface area (Å²) >= 11 is 1.27. The molecule has 9 heteroatoms. The number of methoxy groups -OCH3 is 1. The molecular weight excluding hydrogens is 382 g/mol. The average Bonchev–Trinajstić information content (AvgIpc) is 3.23. The number of para-hydroxylation sites is 1. The van der Waals surface area contributed by atoms with Crippen LogP contribution in [0.2, 0.25) is 0 Å². The highest BCUT2D eigenvalue weighted by molar-refractivity contribution is 7.17. The van der Waals surface area contributed by atoms with Gasteiger partial charge in [0, 0.05) is 19.0 Å². The fourth-order valence-electron chi connectivity index (χ4n) is 2.86. The van der Waals surface area contributed by atoms with Gasteiger partial charge in [0.05, 0.1) is 13.3 Å². The van der Waals surface area contributed by atoms with E-state index in [1.165, 1.54) is 24.6 Å². The van der Waals surface area contributed by atoms with Crippen molar-refractivity contribution in [2.45, 2.75) is 12.8 Å². The average molecular weight is 403 g/mol. The van der Waals surface area contributed by atoms with E-state index in [4.69, 9.17) is 4.74 Å². The second kappa shape index (κ2) is 9.32. The smallest absolute Gasteiger partial charge is 0.355 e. The fourth-order valence-corrected chi connectivity index (χ4v) is 3.70. The Morgan fingerprint density at radius 3 is 2.61 bits per heavy atom. The van der Waals surface area contributed by atoms with Gasteiger partial charge in [0.1, 0.15) is 17.2 Å². The first-order valence-electron chi connectivity index (χ1n) is 8.89. The van der Waals surface area contributed by atoms with Gasteiger partial charge in [-0.3, -0.25) is 9.59 Å². The molecular formula is C19H21N3O5S. The lowest BCUT2D eigenvalue weighted by atomic mass is 9.96. The van der Waals surface area contributed by atoms with E-state index in [0.29, 0.717) is 36.6 Å². The number of esters is 2. The first kappa shape index (κ1) is 19.8. The van der Waals surface area contributed by atoms with Gasteiger partial charge >= 0.3 is 11.9 Å². The van der Waals surface area contributed by atoms with Crippen LogP contribution in [0.3, 0.4) is 0 Å². The summed E-state index contributed by atoms with van der Waals surface area (Å²) in [6.45, 7) is 1.18. The van der Waals surface area contributed by atoms with Crippen LogP contribution in [0.5, 0.6) is 5.75 Å². The number of carbonyl (C=O) groups excluding carboxylic acids is 3. The van der Waals surface area contributed by atoms with E-state index in [2.05, 4.69) is 15.0 Å². The number of aromatic nitrogens is 1. The maximum atomic E-state index is 12.2. The summed E-state index contributed by atoms with van der Waals surface area (Å²) in [7, 11) is 1.28. The van der Waals surface area contributed by atoms with E-state index >= 15 is 0 Å². The minimum absolute atomic E-state index is 0.116. The van der Waals surface area contributed by atoms with Gasteiger partial charge in [-0.25, -0.2) is 9.78 Å². The van der Waals surface area contributed by atoms with Crippen LogP contribution in [0.4, 0.5) is 5.13 Å². The van der Waals surface area contributed by atoms with Crippen molar-refractivity contribution in [2.24, 2.45) is 5.92 Å². The third kappa shape index (κ3) is 5.07. The predicted octanol–water partition coefficient (Wildman–Crippen LogP) is 1.87. The highest BCUT2D eigenvalue weighted by Gasteiger charge is 2.27. The number of hydrogen-bond donors (Lipinski definition) is 1. The van der Waals surface area contributed by atoms with Crippen LogP contribution in [-0.4, -0.2) is 49.6 Å². The summed E-state index contributed by atoms with van der Waals surface area (Å²) in [5.41, 5.74) is 0. The molecule has 148 valence electrons. The Kier molecular flexibility index (Phi) is 6.59. The van der Waals surface area contributed by atoms with Gasteiger partial charge in [-0.1, -0.05) is 29.5 Å². The number of amides is 1. The Balaban J connectivity index is 1.50. The lowest BCUT2D eigenvalue weighted by Crippen LogP contribution is -2.42. The summed E-state index contributed by atoms with van der Waals surface area (Å²) in [5, 5.41) is 3.32. The molecule has 0 atom stereocenters. The van der Waals surface area contributed by atoms with Gasteiger partial charge in [0.2, 0.25) is 5.91 Å². The molecule has 1 N–H and O–H groups in total. The Bertz CT molecular complexity index is 831. The number of ether oxygens (including phenoxy) is 2. The molecule has 2 heterocycles. The number of piperidine rings is 1. The first-order chi connectivity index (χ1) is 13.6. The van der Waals surface area contributed by atoms with Crippen molar-refractivity contribution >= 4 is 34.3 Å². The number of nitrogens with zero attached hydrogens (tertiary/aromatic N) is 2. The van der Waals surface area contributed by atoms with Gasteiger partial charge in [-0.2, -0.15) is 0 Å². The van der Waals surface area contributed by atoms with E-state index in [0.717, 1.165) is 5.13 Å². The zero-order valence-electron chi connectivity index (χ0n) is 15.4. The topological polar surface area (TPSA) is 97.8 Å². The molecule has 2 aromatic rings. The minimum Gasteiger partial charge on any atom is -0.468 e. The molecule has 1 aliphatic rings. The van der Waals surface area contributed by atoms with Gasteiger partial charge in [0.25, 0.3) is 0 Å². The van der Waals surface area contributed by atoms with Crippen LogP contribution < -0.4 is 15.0 Å². The standard InChI is InChI=1S/C19H21N3O5S/c1-26-16(23)12-20-17(24)13-7-9-22(10-8-13)19-21-11-15(28-19)18(25)27-14-5-3-2-4-6-14/h2-6,11,13H,7-10,12H2,1H3,(H,20,24). The molecule has 3 rings (SSSR count). The zero-order chi connectivity index (χ0) is 19.9. The summed E-state index contributed by atoms with van der Waals surface area (Å²) in [5.74, 6) is -0.712. The Hall–Kier alpha value is -2.94. The van der Waals surface area contributed by atoms with Crippen LogP contribution in [-0.2, 0) is 14.3 Å². The highest BCUT2D eigenvalue weighted by Crippen LogP contribution is 2.28. The Morgan fingerprint density at radius 1 is 1.21 bits per heavy atom. The summed E-state index contributed by atoms with van der Waals surface area (Å²) < 4.78 is 9.84. The van der Waals surface area contributed by atoms with Crippen molar-refractivity contribution in [1.82, 2.24) is 10.3 Å². The van der Waals surface area contributed by atoms with E-state index in [1.807, 2.05) is 11.0 Å². The maximum absolute atomic E-state index is 12.2. The molecule has 0 aliphatic carbocycles. The molecule has 28 heavy (non-hydrogen) atoms. The number of rotatable bonds is 6. The monoisotopic (exact) mass is 403 g/mol. The second-order valence-corrected chi connectivity index (χ2v) is 7.27. The van der Waals surface area contributed by atoms with Crippen molar-refractivity contribution < 1.29 is 23.9 Å². The summed E-state index contributed by atoms with van der Waals surface area (Å²) in [4.78, 5) is 42.3. The van der Waals surface area contributed by atoms with Crippen molar-refractivity contribution in [2.75, 3.05) is 31.6 Å². The number of benzene rings is 1. The molecule has 1 fully saturated rings. The highest BCUT2D eigenvalue weighted by atomic mass is 32.1. The second-order valence-electron chi connectivity index (χ2n) is 6.26. The van der Waals surface area contributed by atoms with Crippen molar-refractivity contribution in [3.05, 3.63) is 41.4 Å². The molecule has 0 radical (unpaired) electrons. The summed E-state index contributed by atoms with van der Waals surface area (Å²) in [6, 6.07) is 8.88. The molecule has 0 unspecified atom stereocenters. The van der Waals surface area contributed by atoms with Gasteiger partial charge in [0.15, 0.2) is 5.13 Å². The minimum atomic E-state index is -0.469. The number of hydrogen-bond acceptors (Lipinski definition) is 8. The number of nitrogens with one attached hydrogen (secondary N) is 1. The number of thiazole rings is 1. The van der Waals surface area contributed by atoms with Gasteiger partial charge in [-0.15, -0.1) is 0 Å². The van der Waals surface area contributed by atoms with E-state index in [9.17, 15) is 14.4 Å². The number of anilines is 1. The number of carbonyl (C=O) groups is 3. The third-order valence-corrected chi connectivity index (χ3v) is 5.46. The molecule has 0 spiro atoms. The molecule has 1 aromatic heterocycles. The van der Waals surface area contributed by atoms with Crippen LogP contribution in [0.25, 0.3) is 0 Å². The molecule has 1 aromatic carbocycles. The molecule has 1 saturated heterocycles. The summed E-state index contributed by atoms with van der Waals surface area (Å²) in [6.07, 6.45) is 2.81. The van der Waals surface area contributed by atoms with Gasteiger partial charge in [-0.05, 0) is 25.0 Å². The lowest BCUT2D eigenvalue weighted by Gasteiger charge is -2.30. The van der Waals surface area contributed by atoms with Crippen molar-refractivity contribution in [1.29, 1.82) is 0 Å². The zero-order valence-corrected chi connectivity index (χ0v) is 16.2. The Labute approximate surface area is 166 Å². The fraction of sp³-hybridized carbons (Fsp3) is 0.368. The molecule has 0 bridgehead atoms. The van der Waals surface area contributed by atoms with Crippen molar-refractivity contribution in [3.63, 3.8) is 0 Å². The van der Waals surface area contributed by atoms with Crippen molar-refractivity contribution in [3.8, 4) is 5.75 Å². The van der Waals surface area contributed by atoms with Crippen LogP contribution in [0.1, 0.15) is 22.5 Å². The van der Waals surface area contributed by atoms with Gasteiger partial charge < -0.3 is 19.7 Å². The van der Waals surface area contributed by atoms with Crippen LogP contribution in [0, 0.1) is 5.92 Å². The van der Waals surface area contributed by atoms with Crippen LogP contribution >= 0.6 is 11.3 Å². The Morgan fingerprint density at radius 2 is 1.93 bits per heavy atom. The normalized spacial score (nSPS) is 14.4. The van der Waals surface area contributed by atoms with E-state index < -0.39 is 11.9 Å². The van der Waals surface area contributed by atoms with E-state index in [-0.39, 0.29) is 18.4 Å². The SMILES string of the molecule is COC(=O)CNC(=O)C1CCN(c2ncc(C(=O)Oc3ccccc3)s2)CC1. The predicted molar refractivity (Wildman–Crippen MR) is 103 cm³/mol. The largest absolute Gasteiger partial charge is 0.468 e. The lowest BCUT2D eigenvalue weighted by molar-refractivity contribution is -0.141. The maximum Gasteiger partial charge on any atom is 0.355 e. The van der Waals surface area contributed by atoms with Crippen LogP contribution in [0.15, 0.2) is 36.5 Å². The molecule has 0 saturated carbocycles. The third-order valence-electron chi connectivity index (χ3n) is 4.42. The molecule has 8 nitrogen and oxygen atoms in total. The molecule has 1 aliphatic heterocycles. The quantitative estimate of drug-likeness (QED) is 0.581.